The molecule has 0 saturated carbocycles. The molecular formula is C21H23ClN4O2. The zero-order valence-electron chi connectivity index (χ0n) is 15.6. The molecule has 0 spiro atoms. The van der Waals surface area contributed by atoms with Gasteiger partial charge in [0.2, 0.25) is 5.91 Å². The average Bonchev–Trinajstić information content (AvgIpc) is 3.08. The molecule has 1 saturated heterocycles. The van der Waals surface area contributed by atoms with E-state index in [1.165, 1.54) is 0 Å². The second kappa shape index (κ2) is 8.73. The summed E-state index contributed by atoms with van der Waals surface area (Å²) in [5.74, 6) is -0.00544. The molecule has 0 radical (unpaired) electrons. The number of halogens is 1. The number of fused-ring (bicyclic) bond motifs is 1. The van der Waals surface area contributed by atoms with Crippen LogP contribution in [0.4, 0.5) is 0 Å². The number of rotatable bonds is 6. The fourth-order valence-electron chi connectivity index (χ4n) is 3.45. The number of hydrogen-bond donors (Lipinski definition) is 1. The van der Waals surface area contributed by atoms with Crippen molar-refractivity contribution in [2.45, 2.75) is 6.42 Å². The molecule has 4 rings (SSSR count). The van der Waals surface area contributed by atoms with Crippen LogP contribution in [0.2, 0.25) is 5.02 Å². The Kier molecular flexibility index (Phi) is 5.90. The lowest BCUT2D eigenvalue weighted by Gasteiger charge is -2.26. The summed E-state index contributed by atoms with van der Waals surface area (Å²) in [5.41, 5.74) is 3.46. The van der Waals surface area contributed by atoms with E-state index >= 15 is 0 Å². The Bertz CT molecular complexity index is 949. The number of imidazole rings is 1. The Balaban J connectivity index is 1.49. The van der Waals surface area contributed by atoms with Crippen LogP contribution in [0.25, 0.3) is 16.9 Å². The second-order valence-corrected chi connectivity index (χ2v) is 7.26. The smallest absolute Gasteiger partial charge is 0.226 e. The van der Waals surface area contributed by atoms with E-state index in [2.05, 4.69) is 10.2 Å². The number of carbonyl (C=O) groups is 1. The van der Waals surface area contributed by atoms with Crippen LogP contribution >= 0.6 is 11.6 Å². The summed E-state index contributed by atoms with van der Waals surface area (Å²) in [6.07, 6.45) is 2.21. The maximum absolute atomic E-state index is 12.6. The van der Waals surface area contributed by atoms with Gasteiger partial charge in [-0.25, -0.2) is 4.98 Å². The number of ether oxygens (including phenoxy) is 1. The van der Waals surface area contributed by atoms with Gasteiger partial charge < -0.3 is 14.5 Å². The Morgan fingerprint density at radius 3 is 2.71 bits per heavy atom. The topological polar surface area (TPSA) is 58.9 Å². The summed E-state index contributed by atoms with van der Waals surface area (Å²) in [6.45, 7) is 4.84. The number of nitrogens with zero attached hydrogens (tertiary/aromatic N) is 3. The zero-order valence-corrected chi connectivity index (χ0v) is 16.4. The van der Waals surface area contributed by atoms with Gasteiger partial charge in [-0.05, 0) is 24.3 Å². The Morgan fingerprint density at radius 2 is 1.93 bits per heavy atom. The maximum Gasteiger partial charge on any atom is 0.226 e. The van der Waals surface area contributed by atoms with E-state index in [1.54, 1.807) is 0 Å². The normalized spacial score (nSPS) is 15.0. The molecule has 0 atom stereocenters. The van der Waals surface area contributed by atoms with E-state index in [-0.39, 0.29) is 12.3 Å². The molecule has 146 valence electrons. The molecule has 6 nitrogen and oxygen atoms in total. The highest BCUT2D eigenvalue weighted by molar-refractivity contribution is 6.30. The standard InChI is InChI=1S/C21H23ClN4O2/c22-17-6-4-16(5-7-17)21-18(26-9-2-1-3-19(26)24-21)15-20(27)23-8-10-25-11-13-28-14-12-25/h1-7,9H,8,10-15H2,(H,23,27). The minimum atomic E-state index is -0.00544. The number of amides is 1. The van der Waals surface area contributed by atoms with E-state index in [0.29, 0.717) is 11.6 Å². The molecule has 1 aromatic carbocycles. The summed E-state index contributed by atoms with van der Waals surface area (Å²) < 4.78 is 7.33. The molecule has 0 bridgehead atoms. The summed E-state index contributed by atoms with van der Waals surface area (Å²) in [4.78, 5) is 19.7. The first-order chi connectivity index (χ1) is 13.7. The van der Waals surface area contributed by atoms with Crippen molar-refractivity contribution in [3.63, 3.8) is 0 Å². The van der Waals surface area contributed by atoms with E-state index < -0.39 is 0 Å². The van der Waals surface area contributed by atoms with Crippen molar-refractivity contribution in [2.75, 3.05) is 39.4 Å². The fraction of sp³-hybridized carbons (Fsp3) is 0.333. The summed E-state index contributed by atoms with van der Waals surface area (Å²) >= 11 is 6.02. The van der Waals surface area contributed by atoms with E-state index in [9.17, 15) is 4.79 Å². The van der Waals surface area contributed by atoms with Gasteiger partial charge in [-0.15, -0.1) is 0 Å². The molecule has 0 aliphatic carbocycles. The highest BCUT2D eigenvalue weighted by atomic mass is 35.5. The molecule has 1 aliphatic rings. The van der Waals surface area contributed by atoms with Crippen molar-refractivity contribution in [1.82, 2.24) is 19.6 Å². The lowest BCUT2D eigenvalue weighted by atomic mass is 10.1. The predicted molar refractivity (Wildman–Crippen MR) is 110 cm³/mol. The number of benzene rings is 1. The van der Waals surface area contributed by atoms with Crippen LogP contribution in [0.5, 0.6) is 0 Å². The van der Waals surface area contributed by atoms with Gasteiger partial charge in [0.25, 0.3) is 0 Å². The number of hydrogen-bond acceptors (Lipinski definition) is 4. The van der Waals surface area contributed by atoms with Crippen LogP contribution in [0.1, 0.15) is 5.69 Å². The lowest BCUT2D eigenvalue weighted by molar-refractivity contribution is -0.120. The fourth-order valence-corrected chi connectivity index (χ4v) is 3.57. The number of pyridine rings is 1. The highest BCUT2D eigenvalue weighted by Crippen LogP contribution is 2.26. The van der Waals surface area contributed by atoms with Crippen LogP contribution < -0.4 is 5.32 Å². The maximum atomic E-state index is 12.6. The quantitative estimate of drug-likeness (QED) is 0.693. The largest absolute Gasteiger partial charge is 0.379 e. The molecule has 2 aromatic heterocycles. The van der Waals surface area contributed by atoms with Gasteiger partial charge >= 0.3 is 0 Å². The minimum absolute atomic E-state index is 0.00544. The first-order valence-electron chi connectivity index (χ1n) is 9.49. The van der Waals surface area contributed by atoms with Gasteiger partial charge in [0.1, 0.15) is 5.65 Å². The third kappa shape index (κ3) is 4.35. The van der Waals surface area contributed by atoms with Crippen LogP contribution in [-0.2, 0) is 16.0 Å². The van der Waals surface area contributed by atoms with Crippen LogP contribution in [0, 0.1) is 0 Å². The Hall–Kier alpha value is -2.41. The second-order valence-electron chi connectivity index (χ2n) is 6.82. The van der Waals surface area contributed by atoms with Crippen molar-refractivity contribution in [2.24, 2.45) is 0 Å². The average molecular weight is 399 g/mol. The number of aromatic nitrogens is 2. The van der Waals surface area contributed by atoms with Crippen molar-refractivity contribution in [3.8, 4) is 11.3 Å². The van der Waals surface area contributed by atoms with Gasteiger partial charge in [0.15, 0.2) is 0 Å². The zero-order chi connectivity index (χ0) is 19.3. The molecule has 28 heavy (non-hydrogen) atoms. The number of carbonyl (C=O) groups excluding carboxylic acids is 1. The number of morpholine rings is 1. The monoisotopic (exact) mass is 398 g/mol. The molecule has 1 aliphatic heterocycles. The highest BCUT2D eigenvalue weighted by Gasteiger charge is 2.17. The molecule has 1 N–H and O–H groups in total. The molecule has 3 heterocycles. The van der Waals surface area contributed by atoms with Crippen LogP contribution in [0.15, 0.2) is 48.7 Å². The van der Waals surface area contributed by atoms with Crippen molar-refractivity contribution < 1.29 is 9.53 Å². The SMILES string of the molecule is O=C(Cc1c(-c2ccc(Cl)cc2)nc2ccccn12)NCCN1CCOCC1. The molecule has 3 aromatic rings. The molecule has 0 unspecified atom stereocenters. The predicted octanol–water partition coefficient (Wildman–Crippen LogP) is 2.65. The summed E-state index contributed by atoms with van der Waals surface area (Å²) in [6, 6.07) is 13.4. The molecule has 1 amide bonds. The van der Waals surface area contributed by atoms with Gasteiger partial charge in [0.05, 0.1) is 31.0 Å². The number of nitrogens with one attached hydrogen (secondary N) is 1. The summed E-state index contributed by atoms with van der Waals surface area (Å²) in [7, 11) is 0. The third-order valence-corrected chi connectivity index (χ3v) is 5.18. The van der Waals surface area contributed by atoms with Gasteiger partial charge in [-0.1, -0.05) is 29.8 Å². The Labute approximate surface area is 169 Å². The van der Waals surface area contributed by atoms with Gasteiger partial charge in [0, 0.05) is 43.0 Å². The third-order valence-electron chi connectivity index (χ3n) is 4.93. The van der Waals surface area contributed by atoms with Crippen molar-refractivity contribution in [3.05, 3.63) is 59.4 Å². The van der Waals surface area contributed by atoms with Crippen LogP contribution in [-0.4, -0.2) is 59.6 Å². The van der Waals surface area contributed by atoms with E-state index in [4.69, 9.17) is 21.3 Å². The molecule has 7 heteroatoms. The van der Waals surface area contributed by atoms with Gasteiger partial charge in [-0.3, -0.25) is 9.69 Å². The van der Waals surface area contributed by atoms with Gasteiger partial charge in [-0.2, -0.15) is 0 Å². The van der Waals surface area contributed by atoms with Crippen molar-refractivity contribution >= 4 is 23.2 Å². The summed E-state index contributed by atoms with van der Waals surface area (Å²) in [5, 5.41) is 3.71. The first-order valence-corrected chi connectivity index (χ1v) is 9.87. The van der Waals surface area contributed by atoms with Crippen molar-refractivity contribution in [1.29, 1.82) is 0 Å². The lowest BCUT2D eigenvalue weighted by Crippen LogP contribution is -2.41. The first kappa shape index (κ1) is 18.9. The van der Waals surface area contributed by atoms with E-state index in [1.807, 2.05) is 53.1 Å². The minimum Gasteiger partial charge on any atom is -0.379 e. The molecular weight excluding hydrogens is 376 g/mol. The molecule has 1 fully saturated rings. The van der Waals surface area contributed by atoms with E-state index in [0.717, 1.165) is 55.4 Å². The Morgan fingerprint density at radius 1 is 1.14 bits per heavy atom. The van der Waals surface area contributed by atoms with Crippen LogP contribution in [0.3, 0.4) is 0 Å².